The fourth-order valence-electron chi connectivity index (χ4n) is 6.74. The van der Waals surface area contributed by atoms with Gasteiger partial charge in [-0.3, -0.25) is 24.5 Å². The zero-order valence-electron chi connectivity index (χ0n) is 23.4. The van der Waals surface area contributed by atoms with Crippen molar-refractivity contribution in [2.24, 2.45) is 29.4 Å². The van der Waals surface area contributed by atoms with E-state index in [-0.39, 0.29) is 30.7 Å². The molecule has 3 unspecified atom stereocenters. The molecule has 13 nitrogen and oxygen atoms in total. The predicted octanol–water partition coefficient (Wildman–Crippen LogP) is -0.151. The standard InChI is InChI=1S/C28H36N4O9/c1-6-7-8-41-27(39)30-15-11-16(31(2)3)13-9-12-10-14-20(32(4)5)23(35)19(26(29)38)25(37)28(14,40)24(36)17(12)22(34)18(13)21(15)33/h6,11-12,14,17,19-20,23,33,35,40H,1,7-10H2,2-5H3,(H2,29,38)(H,30,39)/t12-,14-,17?,19?,20-,23?,28-/m1/s1. The number of hydrogen-bond acceptors (Lipinski definition) is 11. The maximum atomic E-state index is 14.0. The highest BCUT2D eigenvalue weighted by molar-refractivity contribution is 6.26. The molecule has 7 atom stereocenters. The van der Waals surface area contributed by atoms with Crippen LogP contribution in [-0.2, 0) is 25.5 Å². The predicted molar refractivity (Wildman–Crippen MR) is 146 cm³/mol. The average Bonchev–Trinajstić information content (AvgIpc) is 2.87. The molecular formula is C28H36N4O9. The summed E-state index contributed by atoms with van der Waals surface area (Å²) < 4.78 is 5.05. The minimum atomic E-state index is -2.76. The van der Waals surface area contributed by atoms with E-state index < -0.39 is 76.5 Å². The van der Waals surface area contributed by atoms with E-state index in [9.17, 15) is 39.3 Å². The third kappa shape index (κ3) is 4.67. The van der Waals surface area contributed by atoms with E-state index in [0.717, 1.165) is 0 Å². The van der Waals surface area contributed by atoms with Gasteiger partial charge in [-0.1, -0.05) is 6.08 Å². The zero-order valence-corrected chi connectivity index (χ0v) is 23.4. The van der Waals surface area contributed by atoms with Crippen LogP contribution in [-0.4, -0.2) is 102 Å². The number of Topliss-reactive ketones (excluding diaryl/α,β-unsaturated/α-hetero) is 3. The quantitative estimate of drug-likeness (QED) is 0.126. The summed E-state index contributed by atoms with van der Waals surface area (Å²) in [7, 11) is 6.59. The normalized spacial score (nSPS) is 30.7. The van der Waals surface area contributed by atoms with Gasteiger partial charge in [0.25, 0.3) is 0 Å². The molecule has 6 N–H and O–H groups in total. The lowest BCUT2D eigenvalue weighted by Gasteiger charge is -2.55. The Morgan fingerprint density at radius 3 is 2.44 bits per heavy atom. The Morgan fingerprint density at radius 2 is 1.88 bits per heavy atom. The number of fused-ring (bicyclic) bond motifs is 3. The summed E-state index contributed by atoms with van der Waals surface area (Å²) in [5, 5.41) is 36.3. The molecule has 2 amide bonds. The molecule has 222 valence electrons. The highest BCUT2D eigenvalue weighted by Crippen LogP contribution is 2.53. The van der Waals surface area contributed by atoms with Gasteiger partial charge in [0.2, 0.25) is 5.91 Å². The highest BCUT2D eigenvalue weighted by Gasteiger charge is 2.69. The van der Waals surface area contributed by atoms with E-state index in [1.165, 1.54) is 11.0 Å². The number of benzene rings is 1. The van der Waals surface area contributed by atoms with E-state index >= 15 is 0 Å². The van der Waals surface area contributed by atoms with Crippen LogP contribution in [0.25, 0.3) is 0 Å². The Labute approximate surface area is 236 Å². The van der Waals surface area contributed by atoms with Gasteiger partial charge in [0.1, 0.15) is 11.7 Å². The van der Waals surface area contributed by atoms with Gasteiger partial charge in [-0.05, 0) is 50.9 Å². The van der Waals surface area contributed by atoms with Gasteiger partial charge in [0.05, 0.1) is 29.9 Å². The van der Waals surface area contributed by atoms with Gasteiger partial charge >= 0.3 is 6.09 Å². The lowest BCUT2D eigenvalue weighted by Crippen LogP contribution is -2.75. The molecule has 0 radical (unpaired) electrons. The molecule has 2 saturated carbocycles. The number of aliphatic hydroxyl groups excluding tert-OH is 1. The minimum Gasteiger partial charge on any atom is -0.505 e. The van der Waals surface area contributed by atoms with E-state index in [2.05, 4.69) is 11.9 Å². The van der Waals surface area contributed by atoms with Crippen molar-refractivity contribution in [2.75, 3.05) is 45.0 Å². The zero-order chi connectivity index (χ0) is 30.5. The number of carbonyl (C=O) groups is 5. The van der Waals surface area contributed by atoms with Crippen LogP contribution in [0.3, 0.4) is 0 Å². The third-order valence-electron chi connectivity index (χ3n) is 8.54. The smallest absolute Gasteiger partial charge is 0.411 e. The number of hydrogen-bond donors (Lipinski definition) is 5. The van der Waals surface area contributed by atoms with Crippen molar-refractivity contribution in [2.45, 2.75) is 37.0 Å². The van der Waals surface area contributed by atoms with Crippen molar-refractivity contribution in [1.82, 2.24) is 4.90 Å². The summed E-state index contributed by atoms with van der Waals surface area (Å²) in [6, 6.07) is 0.503. The molecular weight excluding hydrogens is 536 g/mol. The molecule has 0 spiro atoms. The van der Waals surface area contributed by atoms with Gasteiger partial charge < -0.3 is 35.6 Å². The van der Waals surface area contributed by atoms with Crippen LogP contribution in [0.2, 0.25) is 0 Å². The molecule has 0 aromatic heterocycles. The second-order valence-corrected chi connectivity index (χ2v) is 11.3. The van der Waals surface area contributed by atoms with Crippen LogP contribution in [0.5, 0.6) is 5.75 Å². The van der Waals surface area contributed by atoms with Crippen LogP contribution in [0, 0.1) is 23.7 Å². The Bertz CT molecular complexity index is 1330. The van der Waals surface area contributed by atoms with E-state index in [4.69, 9.17) is 10.5 Å². The van der Waals surface area contributed by atoms with Crippen LogP contribution in [0.4, 0.5) is 16.2 Å². The molecule has 4 rings (SSSR count). The van der Waals surface area contributed by atoms with Gasteiger partial charge in [-0.2, -0.15) is 0 Å². The Hall–Kier alpha value is -3.81. The van der Waals surface area contributed by atoms with Crippen LogP contribution < -0.4 is 16.0 Å². The fourth-order valence-corrected chi connectivity index (χ4v) is 6.74. The summed E-state index contributed by atoms with van der Waals surface area (Å²) in [5.74, 6) is -10.1. The molecule has 3 aliphatic rings. The van der Waals surface area contributed by atoms with Crippen molar-refractivity contribution < 1.29 is 44.0 Å². The van der Waals surface area contributed by atoms with Gasteiger partial charge in [-0.25, -0.2) is 4.79 Å². The highest BCUT2D eigenvalue weighted by atomic mass is 16.5. The number of aromatic hydroxyl groups is 1. The first-order valence-electron chi connectivity index (χ1n) is 13.3. The topological polar surface area (TPSA) is 200 Å². The summed E-state index contributed by atoms with van der Waals surface area (Å²) in [6.45, 7) is 3.59. The Balaban J connectivity index is 1.81. The Morgan fingerprint density at radius 1 is 1.22 bits per heavy atom. The van der Waals surface area contributed by atoms with Gasteiger partial charge in [0, 0.05) is 31.7 Å². The maximum absolute atomic E-state index is 14.0. The molecule has 0 heterocycles. The molecule has 3 aliphatic carbocycles. The maximum Gasteiger partial charge on any atom is 0.411 e. The first-order valence-corrected chi connectivity index (χ1v) is 13.3. The molecule has 41 heavy (non-hydrogen) atoms. The number of ketones is 3. The summed E-state index contributed by atoms with van der Waals surface area (Å²) in [4.78, 5) is 69.2. The van der Waals surface area contributed by atoms with Crippen molar-refractivity contribution in [3.63, 3.8) is 0 Å². The first-order chi connectivity index (χ1) is 19.2. The lowest BCUT2D eigenvalue weighted by atomic mass is 9.52. The number of anilines is 2. The van der Waals surface area contributed by atoms with Crippen LogP contribution in [0.1, 0.15) is 28.8 Å². The monoisotopic (exact) mass is 572 g/mol. The number of phenols is 1. The Kier molecular flexibility index (Phi) is 8.00. The molecule has 0 aliphatic heterocycles. The minimum absolute atomic E-state index is 0.00151. The second kappa shape index (κ2) is 10.9. The van der Waals surface area contributed by atoms with Gasteiger partial charge in [0.15, 0.2) is 23.0 Å². The second-order valence-electron chi connectivity index (χ2n) is 11.3. The summed E-state index contributed by atoms with van der Waals surface area (Å²) in [5.41, 5.74) is 3.24. The average molecular weight is 573 g/mol. The third-order valence-corrected chi connectivity index (χ3v) is 8.54. The molecule has 0 bridgehead atoms. The van der Waals surface area contributed by atoms with E-state index in [0.29, 0.717) is 17.7 Å². The molecule has 0 saturated heterocycles. The van der Waals surface area contributed by atoms with Crippen LogP contribution >= 0.6 is 0 Å². The van der Waals surface area contributed by atoms with Crippen LogP contribution in [0.15, 0.2) is 18.7 Å². The van der Waals surface area contributed by atoms with E-state index in [1.54, 1.807) is 39.2 Å². The SMILES string of the molecule is C=CCCOC(=O)Nc1cc(N(C)C)c2c(c1O)C(=O)C1C(=O)[C@@]3(O)C(=O)C(C(N)=O)C(O)[C@H](N(C)C)[C@H]3C[C@H]1C2. The lowest BCUT2D eigenvalue weighted by molar-refractivity contribution is -0.190. The number of nitrogens with one attached hydrogen (secondary N) is 1. The number of phenolic OH excluding ortho intramolecular Hbond substituents is 1. The number of rotatable bonds is 7. The number of amides is 2. The summed E-state index contributed by atoms with van der Waals surface area (Å²) in [6.07, 6.45) is -0.361. The number of ether oxygens (including phenoxy) is 1. The number of nitrogens with zero attached hydrogens (tertiary/aromatic N) is 2. The number of nitrogens with two attached hydrogens (primary N) is 1. The number of carbonyl (C=O) groups excluding carboxylic acids is 5. The van der Waals surface area contributed by atoms with Crippen molar-refractivity contribution in [1.29, 1.82) is 0 Å². The molecule has 1 aromatic carbocycles. The summed E-state index contributed by atoms with van der Waals surface area (Å²) >= 11 is 0. The van der Waals surface area contributed by atoms with E-state index in [1.807, 2.05) is 0 Å². The number of likely N-dealkylation sites (N-methyl/N-ethyl adjacent to an activating group) is 1. The molecule has 1 aromatic rings. The molecule has 13 heteroatoms. The van der Waals surface area contributed by atoms with Crippen molar-refractivity contribution >= 4 is 40.7 Å². The van der Waals surface area contributed by atoms with Crippen molar-refractivity contribution in [3.8, 4) is 5.75 Å². The first kappa shape index (κ1) is 30.2. The number of primary amides is 1. The molecule has 2 fully saturated rings. The largest absolute Gasteiger partial charge is 0.505 e. The van der Waals surface area contributed by atoms with Gasteiger partial charge in [-0.15, -0.1) is 6.58 Å². The number of aliphatic hydroxyl groups is 2. The van der Waals surface area contributed by atoms with Crippen molar-refractivity contribution in [3.05, 3.63) is 29.8 Å². The fraction of sp³-hybridized carbons (Fsp3) is 0.536.